The number of hydrogen-bond donors (Lipinski definition) is 2. The first-order valence-electron chi connectivity index (χ1n) is 9.41. The second-order valence-corrected chi connectivity index (χ2v) is 6.30. The summed E-state index contributed by atoms with van der Waals surface area (Å²) in [6.07, 6.45) is 2.33. The van der Waals surface area contributed by atoms with Crippen molar-refractivity contribution in [3.05, 3.63) is 35.9 Å². The molecule has 5 nitrogen and oxygen atoms in total. The lowest BCUT2D eigenvalue weighted by Gasteiger charge is -2.22. The lowest BCUT2D eigenvalue weighted by molar-refractivity contribution is 0.106. The zero-order valence-electron chi connectivity index (χ0n) is 16.6. The standard InChI is InChI=1S/C20H36N4O/c1-6-24(7-2)15-11-12-17(3)23-20(21-4)22-16-19(25-5)18-13-9-8-10-14-18/h8-10,13-14,17,19H,6-7,11-12,15-16H2,1-5H3,(H2,21,22,23). The number of rotatable bonds is 11. The molecule has 142 valence electrons. The van der Waals surface area contributed by atoms with Gasteiger partial charge >= 0.3 is 0 Å². The first kappa shape index (κ1) is 21.5. The van der Waals surface area contributed by atoms with Crippen molar-refractivity contribution < 1.29 is 4.74 Å². The molecule has 0 heterocycles. The summed E-state index contributed by atoms with van der Waals surface area (Å²) >= 11 is 0. The lowest BCUT2D eigenvalue weighted by Crippen LogP contribution is -2.44. The number of benzene rings is 1. The molecule has 0 saturated heterocycles. The molecule has 0 bridgehead atoms. The summed E-state index contributed by atoms with van der Waals surface area (Å²) in [5, 5.41) is 6.85. The third-order valence-electron chi connectivity index (χ3n) is 4.52. The Kier molecular flexibility index (Phi) is 10.9. The Bertz CT molecular complexity index is 474. The summed E-state index contributed by atoms with van der Waals surface area (Å²) in [4.78, 5) is 6.79. The van der Waals surface area contributed by atoms with Crippen molar-refractivity contribution in [3.63, 3.8) is 0 Å². The number of guanidine groups is 1. The highest BCUT2D eigenvalue weighted by molar-refractivity contribution is 5.79. The monoisotopic (exact) mass is 348 g/mol. The lowest BCUT2D eigenvalue weighted by atomic mass is 10.1. The third-order valence-corrected chi connectivity index (χ3v) is 4.52. The topological polar surface area (TPSA) is 48.9 Å². The van der Waals surface area contributed by atoms with Crippen LogP contribution in [0.2, 0.25) is 0 Å². The van der Waals surface area contributed by atoms with Gasteiger partial charge in [0.25, 0.3) is 0 Å². The van der Waals surface area contributed by atoms with E-state index in [1.165, 1.54) is 12.0 Å². The molecule has 1 aromatic carbocycles. The highest BCUT2D eigenvalue weighted by Gasteiger charge is 2.12. The molecule has 0 saturated carbocycles. The predicted molar refractivity (Wildman–Crippen MR) is 107 cm³/mol. The Morgan fingerprint density at radius 2 is 1.88 bits per heavy atom. The van der Waals surface area contributed by atoms with E-state index in [1.54, 1.807) is 7.11 Å². The van der Waals surface area contributed by atoms with Gasteiger partial charge in [0.2, 0.25) is 0 Å². The van der Waals surface area contributed by atoms with E-state index in [-0.39, 0.29) is 6.10 Å². The number of ether oxygens (including phenoxy) is 1. The zero-order valence-corrected chi connectivity index (χ0v) is 16.6. The first-order chi connectivity index (χ1) is 12.1. The molecule has 0 aromatic heterocycles. The van der Waals surface area contributed by atoms with Gasteiger partial charge in [0.15, 0.2) is 5.96 Å². The van der Waals surface area contributed by atoms with Crippen LogP contribution in [0.3, 0.4) is 0 Å². The van der Waals surface area contributed by atoms with E-state index >= 15 is 0 Å². The van der Waals surface area contributed by atoms with Gasteiger partial charge in [-0.2, -0.15) is 0 Å². The number of aliphatic imine (C=N–C) groups is 1. The molecule has 25 heavy (non-hydrogen) atoms. The molecule has 1 rings (SSSR count). The molecule has 0 spiro atoms. The second-order valence-electron chi connectivity index (χ2n) is 6.30. The molecule has 2 atom stereocenters. The molecule has 5 heteroatoms. The van der Waals surface area contributed by atoms with Crippen LogP contribution in [0.5, 0.6) is 0 Å². The van der Waals surface area contributed by atoms with Crippen LogP contribution in [0, 0.1) is 0 Å². The predicted octanol–water partition coefficient (Wildman–Crippen LogP) is 3.05. The van der Waals surface area contributed by atoms with E-state index in [0.29, 0.717) is 12.6 Å². The van der Waals surface area contributed by atoms with E-state index < -0.39 is 0 Å². The largest absolute Gasteiger partial charge is 0.375 e. The van der Waals surface area contributed by atoms with Crippen LogP contribution >= 0.6 is 0 Å². The Hall–Kier alpha value is -1.59. The number of methoxy groups -OCH3 is 1. The van der Waals surface area contributed by atoms with Gasteiger partial charge in [-0.05, 0) is 45.0 Å². The van der Waals surface area contributed by atoms with Gasteiger partial charge in [0.05, 0.1) is 6.10 Å². The molecule has 2 N–H and O–H groups in total. The van der Waals surface area contributed by atoms with Crippen LogP contribution in [0.15, 0.2) is 35.3 Å². The number of hydrogen-bond acceptors (Lipinski definition) is 3. The first-order valence-corrected chi connectivity index (χ1v) is 9.41. The van der Waals surface area contributed by atoms with E-state index in [4.69, 9.17) is 4.74 Å². The second kappa shape index (κ2) is 12.7. The number of nitrogens with one attached hydrogen (secondary N) is 2. The van der Waals surface area contributed by atoms with Crippen molar-refractivity contribution in [2.24, 2.45) is 4.99 Å². The van der Waals surface area contributed by atoms with Crippen LogP contribution in [-0.2, 0) is 4.74 Å². The van der Waals surface area contributed by atoms with E-state index in [0.717, 1.165) is 32.0 Å². The fraction of sp³-hybridized carbons (Fsp3) is 0.650. The van der Waals surface area contributed by atoms with Crippen LogP contribution in [0.1, 0.15) is 45.3 Å². The Balaban J connectivity index is 2.38. The fourth-order valence-corrected chi connectivity index (χ4v) is 2.86. The van der Waals surface area contributed by atoms with Crippen molar-refractivity contribution in [3.8, 4) is 0 Å². The summed E-state index contributed by atoms with van der Waals surface area (Å²) in [7, 11) is 3.55. The summed E-state index contributed by atoms with van der Waals surface area (Å²) in [5.74, 6) is 0.827. The van der Waals surface area contributed by atoms with Crippen molar-refractivity contribution in [2.75, 3.05) is 40.3 Å². The van der Waals surface area contributed by atoms with E-state index in [1.807, 2.05) is 25.2 Å². The molecule has 0 radical (unpaired) electrons. The fourth-order valence-electron chi connectivity index (χ4n) is 2.86. The third kappa shape index (κ3) is 8.36. The highest BCUT2D eigenvalue weighted by atomic mass is 16.5. The molecular weight excluding hydrogens is 312 g/mol. The van der Waals surface area contributed by atoms with Gasteiger partial charge in [-0.25, -0.2) is 0 Å². The van der Waals surface area contributed by atoms with E-state index in [2.05, 4.69) is 53.4 Å². The Morgan fingerprint density at radius 3 is 2.44 bits per heavy atom. The molecule has 1 aromatic rings. The Labute approximate surface area is 153 Å². The van der Waals surface area contributed by atoms with Gasteiger partial charge in [0, 0.05) is 26.7 Å². The van der Waals surface area contributed by atoms with Gasteiger partial charge in [-0.15, -0.1) is 0 Å². The quantitative estimate of drug-likeness (QED) is 0.477. The molecule has 0 aliphatic heterocycles. The SMILES string of the molecule is CCN(CC)CCCC(C)NC(=NC)NCC(OC)c1ccccc1. The van der Waals surface area contributed by atoms with Gasteiger partial charge < -0.3 is 20.3 Å². The minimum absolute atomic E-state index is 0.0118. The maximum atomic E-state index is 5.60. The summed E-state index contributed by atoms with van der Waals surface area (Å²) in [5.41, 5.74) is 1.17. The molecular formula is C20H36N4O. The molecule has 2 unspecified atom stereocenters. The molecule has 0 aliphatic rings. The van der Waals surface area contributed by atoms with Crippen molar-refractivity contribution >= 4 is 5.96 Å². The van der Waals surface area contributed by atoms with Gasteiger partial charge in [-0.1, -0.05) is 44.2 Å². The Morgan fingerprint density at radius 1 is 1.20 bits per heavy atom. The maximum Gasteiger partial charge on any atom is 0.191 e. The highest BCUT2D eigenvalue weighted by Crippen LogP contribution is 2.14. The summed E-state index contributed by atoms with van der Waals surface area (Å²) in [6.45, 7) is 10.7. The van der Waals surface area contributed by atoms with Gasteiger partial charge in [0.1, 0.15) is 0 Å². The summed E-state index contributed by atoms with van der Waals surface area (Å²) < 4.78 is 5.60. The minimum atomic E-state index is 0.0118. The van der Waals surface area contributed by atoms with Crippen molar-refractivity contribution in [2.45, 2.75) is 45.8 Å². The summed E-state index contributed by atoms with van der Waals surface area (Å²) in [6, 6.07) is 10.6. The molecule has 0 amide bonds. The molecule has 0 aliphatic carbocycles. The smallest absolute Gasteiger partial charge is 0.191 e. The van der Waals surface area contributed by atoms with Crippen LogP contribution in [-0.4, -0.2) is 57.2 Å². The van der Waals surface area contributed by atoms with Crippen LogP contribution in [0.4, 0.5) is 0 Å². The van der Waals surface area contributed by atoms with Crippen LogP contribution in [0.25, 0.3) is 0 Å². The van der Waals surface area contributed by atoms with E-state index in [9.17, 15) is 0 Å². The average molecular weight is 349 g/mol. The van der Waals surface area contributed by atoms with Crippen molar-refractivity contribution in [1.29, 1.82) is 0 Å². The maximum absolute atomic E-state index is 5.60. The minimum Gasteiger partial charge on any atom is -0.375 e. The van der Waals surface area contributed by atoms with Crippen LogP contribution < -0.4 is 10.6 Å². The number of nitrogens with zero attached hydrogens (tertiary/aromatic N) is 2. The normalized spacial score (nSPS) is 14.4. The van der Waals surface area contributed by atoms with Gasteiger partial charge in [-0.3, -0.25) is 4.99 Å². The van der Waals surface area contributed by atoms with Crippen molar-refractivity contribution in [1.82, 2.24) is 15.5 Å². The zero-order chi connectivity index (χ0) is 18.5. The average Bonchev–Trinajstić information content (AvgIpc) is 2.65. The molecule has 0 fully saturated rings.